The topological polar surface area (TPSA) is 30.5 Å². The Bertz CT molecular complexity index is 417. The molecule has 3 nitrogen and oxygen atoms in total. The van der Waals surface area contributed by atoms with Crippen LogP contribution in [0.5, 0.6) is 0 Å². The molecule has 0 fully saturated rings. The van der Waals surface area contributed by atoms with Crippen molar-refractivity contribution in [2.45, 2.75) is 57.3 Å². The van der Waals surface area contributed by atoms with Gasteiger partial charge in [-0.1, -0.05) is 31.2 Å². The maximum Gasteiger partial charge on any atom is 0.172 e. The zero-order chi connectivity index (χ0) is 15.1. The summed E-state index contributed by atoms with van der Waals surface area (Å²) in [6, 6.07) is 9.14. The Labute approximate surface area is 129 Å². The zero-order valence-electron chi connectivity index (χ0n) is 13.6. The third-order valence-electron chi connectivity index (χ3n) is 4.48. The molecule has 0 bridgehead atoms. The molecule has 2 rings (SSSR count). The van der Waals surface area contributed by atoms with E-state index in [9.17, 15) is 0 Å². The molecule has 0 saturated carbocycles. The van der Waals surface area contributed by atoms with Crippen molar-refractivity contribution in [3.63, 3.8) is 0 Å². The fraction of sp³-hybridized carbons (Fsp3) is 0.667. The highest BCUT2D eigenvalue weighted by Gasteiger charge is 2.27. The Hall–Kier alpha value is -0.900. The molecule has 1 aliphatic carbocycles. The van der Waals surface area contributed by atoms with Crippen LogP contribution >= 0.6 is 0 Å². The fourth-order valence-electron chi connectivity index (χ4n) is 3.45. The first-order chi connectivity index (χ1) is 10.3. The van der Waals surface area contributed by atoms with Crippen LogP contribution in [0.4, 0.5) is 0 Å². The molecule has 0 amide bonds. The van der Waals surface area contributed by atoms with Gasteiger partial charge in [0, 0.05) is 14.2 Å². The van der Waals surface area contributed by atoms with Crippen LogP contribution in [0.15, 0.2) is 24.3 Å². The first-order valence-electron chi connectivity index (χ1n) is 8.16. The maximum atomic E-state index is 5.50. The molecule has 0 aromatic heterocycles. The largest absolute Gasteiger partial charge is 0.354 e. The molecular formula is C18H29NO2. The zero-order valence-corrected chi connectivity index (χ0v) is 13.6. The van der Waals surface area contributed by atoms with Crippen molar-refractivity contribution in [2.75, 3.05) is 20.8 Å². The van der Waals surface area contributed by atoms with Crippen LogP contribution in [0.2, 0.25) is 0 Å². The predicted octanol–water partition coefficient (Wildman–Crippen LogP) is 3.48. The van der Waals surface area contributed by atoms with Gasteiger partial charge in [-0.05, 0) is 55.7 Å². The van der Waals surface area contributed by atoms with Gasteiger partial charge in [0.15, 0.2) is 6.29 Å². The number of hydrogen-bond acceptors (Lipinski definition) is 3. The van der Waals surface area contributed by atoms with E-state index in [1.165, 1.54) is 30.4 Å². The minimum absolute atomic E-state index is 0.175. The molecule has 0 radical (unpaired) electrons. The average molecular weight is 291 g/mol. The van der Waals surface area contributed by atoms with Crippen molar-refractivity contribution in [1.29, 1.82) is 0 Å². The Morgan fingerprint density at radius 3 is 2.71 bits per heavy atom. The second-order valence-corrected chi connectivity index (χ2v) is 5.92. The number of nitrogens with one attached hydrogen (secondary N) is 1. The van der Waals surface area contributed by atoms with Gasteiger partial charge in [0.2, 0.25) is 0 Å². The molecule has 1 aromatic rings. The lowest BCUT2D eigenvalue weighted by Gasteiger charge is -2.32. The molecule has 118 valence electrons. The molecule has 2 atom stereocenters. The maximum absolute atomic E-state index is 5.50. The number of fused-ring (bicyclic) bond motifs is 1. The second kappa shape index (κ2) is 8.52. The van der Waals surface area contributed by atoms with E-state index in [4.69, 9.17) is 9.47 Å². The van der Waals surface area contributed by atoms with E-state index in [0.29, 0.717) is 5.92 Å². The van der Waals surface area contributed by atoms with Crippen LogP contribution in [-0.4, -0.2) is 33.1 Å². The summed E-state index contributed by atoms with van der Waals surface area (Å²) in [7, 11) is 3.45. The monoisotopic (exact) mass is 291 g/mol. The summed E-state index contributed by atoms with van der Waals surface area (Å²) in [5, 5.41) is 3.60. The van der Waals surface area contributed by atoms with E-state index in [2.05, 4.69) is 36.5 Å². The normalized spacial score (nSPS) is 19.5. The van der Waals surface area contributed by atoms with Crippen molar-refractivity contribution in [1.82, 2.24) is 5.32 Å². The van der Waals surface area contributed by atoms with Crippen molar-refractivity contribution in [3.8, 4) is 0 Å². The third-order valence-corrected chi connectivity index (χ3v) is 4.48. The first kappa shape index (κ1) is 16.5. The van der Waals surface area contributed by atoms with Crippen LogP contribution in [-0.2, 0) is 15.9 Å². The van der Waals surface area contributed by atoms with Crippen molar-refractivity contribution in [2.24, 2.45) is 0 Å². The van der Waals surface area contributed by atoms with E-state index in [1.807, 2.05) is 0 Å². The van der Waals surface area contributed by atoms with Gasteiger partial charge < -0.3 is 14.8 Å². The minimum atomic E-state index is -0.175. The lowest BCUT2D eigenvalue weighted by atomic mass is 9.79. The third kappa shape index (κ3) is 4.29. The molecule has 0 aliphatic heterocycles. The van der Waals surface area contributed by atoms with Gasteiger partial charge in [-0.15, -0.1) is 0 Å². The molecule has 0 heterocycles. The molecule has 3 heteroatoms. The van der Waals surface area contributed by atoms with E-state index >= 15 is 0 Å². The highest BCUT2D eigenvalue weighted by atomic mass is 16.7. The SMILES string of the molecule is CCCNC(CC1CCCc2ccccc21)C(OC)OC. The molecule has 1 aliphatic rings. The molecule has 21 heavy (non-hydrogen) atoms. The van der Waals surface area contributed by atoms with E-state index in [-0.39, 0.29) is 12.3 Å². The van der Waals surface area contributed by atoms with Gasteiger partial charge in [0.1, 0.15) is 0 Å². The summed E-state index contributed by atoms with van der Waals surface area (Å²) in [6.45, 7) is 3.19. The summed E-state index contributed by atoms with van der Waals surface area (Å²) < 4.78 is 11.0. The molecule has 1 N–H and O–H groups in total. The number of rotatable bonds is 8. The molecule has 0 saturated heterocycles. The highest BCUT2D eigenvalue weighted by Crippen LogP contribution is 2.35. The van der Waals surface area contributed by atoms with Crippen LogP contribution in [0.25, 0.3) is 0 Å². The molecule has 2 unspecified atom stereocenters. The van der Waals surface area contributed by atoms with Gasteiger partial charge in [0.25, 0.3) is 0 Å². The summed E-state index contributed by atoms with van der Waals surface area (Å²) in [6.07, 6.45) is 5.79. The van der Waals surface area contributed by atoms with Crippen molar-refractivity contribution in [3.05, 3.63) is 35.4 Å². The van der Waals surface area contributed by atoms with Gasteiger partial charge >= 0.3 is 0 Å². The number of benzene rings is 1. The number of hydrogen-bond donors (Lipinski definition) is 1. The predicted molar refractivity (Wildman–Crippen MR) is 86.6 cm³/mol. The quantitative estimate of drug-likeness (QED) is 0.744. The van der Waals surface area contributed by atoms with Crippen LogP contribution < -0.4 is 5.32 Å². The van der Waals surface area contributed by atoms with Gasteiger partial charge in [-0.25, -0.2) is 0 Å². The number of ether oxygens (including phenoxy) is 2. The van der Waals surface area contributed by atoms with Crippen LogP contribution in [0.3, 0.4) is 0 Å². The standard InChI is InChI=1S/C18H29NO2/c1-4-12-19-17(18(20-2)21-3)13-15-10-7-9-14-8-5-6-11-16(14)15/h5-6,8,11,15,17-19H,4,7,9-10,12-13H2,1-3H3. The van der Waals surface area contributed by atoms with Gasteiger partial charge in [-0.3, -0.25) is 0 Å². The van der Waals surface area contributed by atoms with Gasteiger partial charge in [-0.2, -0.15) is 0 Å². The lowest BCUT2D eigenvalue weighted by molar-refractivity contribution is -0.125. The van der Waals surface area contributed by atoms with Gasteiger partial charge in [0.05, 0.1) is 6.04 Å². The molecular weight excluding hydrogens is 262 g/mol. The Kier molecular flexibility index (Phi) is 6.68. The molecule has 1 aromatic carbocycles. The highest BCUT2D eigenvalue weighted by molar-refractivity contribution is 5.32. The summed E-state index contributed by atoms with van der Waals surface area (Å²) in [5.41, 5.74) is 3.05. The summed E-state index contributed by atoms with van der Waals surface area (Å²) in [4.78, 5) is 0. The average Bonchev–Trinajstić information content (AvgIpc) is 2.53. The Morgan fingerprint density at radius 2 is 2.00 bits per heavy atom. The van der Waals surface area contributed by atoms with Crippen LogP contribution in [0, 0.1) is 0 Å². The minimum Gasteiger partial charge on any atom is -0.354 e. The lowest BCUT2D eigenvalue weighted by Crippen LogP contribution is -2.43. The van der Waals surface area contributed by atoms with Crippen molar-refractivity contribution < 1.29 is 9.47 Å². The fourth-order valence-corrected chi connectivity index (χ4v) is 3.45. The summed E-state index contributed by atoms with van der Waals surface area (Å²) in [5.74, 6) is 0.608. The Balaban J connectivity index is 2.09. The van der Waals surface area contributed by atoms with E-state index in [0.717, 1.165) is 19.4 Å². The van der Waals surface area contributed by atoms with E-state index in [1.54, 1.807) is 14.2 Å². The number of methoxy groups -OCH3 is 2. The van der Waals surface area contributed by atoms with E-state index < -0.39 is 0 Å². The van der Waals surface area contributed by atoms with Crippen molar-refractivity contribution >= 4 is 0 Å². The smallest absolute Gasteiger partial charge is 0.172 e. The second-order valence-electron chi connectivity index (χ2n) is 5.92. The first-order valence-corrected chi connectivity index (χ1v) is 8.16. The molecule has 0 spiro atoms. The Morgan fingerprint density at radius 1 is 1.24 bits per heavy atom. The number of aryl methyl sites for hydroxylation is 1. The summed E-state index contributed by atoms with van der Waals surface area (Å²) >= 11 is 0. The van der Waals surface area contributed by atoms with Crippen LogP contribution in [0.1, 0.15) is 49.7 Å².